The van der Waals surface area contributed by atoms with Gasteiger partial charge in [-0.1, -0.05) is 13.0 Å². The lowest BCUT2D eigenvalue weighted by molar-refractivity contribution is -0.105. The molecule has 0 spiro atoms. The Labute approximate surface area is 122 Å². The number of nitrogens with one attached hydrogen (secondary N) is 1. The number of nitrogens with zero attached hydrogens (tertiary/aromatic N) is 1. The molecule has 0 saturated heterocycles. The summed E-state index contributed by atoms with van der Waals surface area (Å²) in [5, 5.41) is 3.72. The SMILES string of the molecule is CCNC(C1CCCc2cccnc21)C1(OC)CCC1. The highest BCUT2D eigenvalue weighted by atomic mass is 16.5. The predicted molar refractivity (Wildman–Crippen MR) is 81.0 cm³/mol. The molecule has 0 aliphatic heterocycles. The molecule has 0 bridgehead atoms. The van der Waals surface area contributed by atoms with Crippen molar-refractivity contribution >= 4 is 0 Å². The van der Waals surface area contributed by atoms with Crippen molar-refractivity contribution < 1.29 is 4.74 Å². The molecule has 2 aliphatic rings. The Morgan fingerprint density at radius 1 is 1.45 bits per heavy atom. The minimum absolute atomic E-state index is 0.0345. The zero-order chi connectivity index (χ0) is 14.0. The molecule has 0 aromatic carbocycles. The van der Waals surface area contributed by atoms with Crippen LogP contribution in [0.4, 0.5) is 0 Å². The Kier molecular flexibility index (Phi) is 4.08. The smallest absolute Gasteiger partial charge is 0.0837 e. The van der Waals surface area contributed by atoms with Crippen LogP contribution in [-0.4, -0.2) is 30.3 Å². The minimum atomic E-state index is 0.0345. The van der Waals surface area contributed by atoms with Crippen LogP contribution in [0.3, 0.4) is 0 Å². The van der Waals surface area contributed by atoms with Gasteiger partial charge in [0.1, 0.15) is 0 Å². The highest BCUT2D eigenvalue weighted by Gasteiger charge is 2.48. The molecule has 2 aliphatic carbocycles. The number of fused-ring (bicyclic) bond motifs is 1. The van der Waals surface area contributed by atoms with E-state index in [1.165, 1.54) is 49.8 Å². The van der Waals surface area contributed by atoms with Crippen molar-refractivity contribution in [2.45, 2.75) is 63.0 Å². The number of likely N-dealkylation sites (N-methyl/N-ethyl adjacent to an activating group) is 1. The van der Waals surface area contributed by atoms with Crippen LogP contribution < -0.4 is 5.32 Å². The summed E-state index contributed by atoms with van der Waals surface area (Å²) in [6.45, 7) is 3.19. The van der Waals surface area contributed by atoms with Gasteiger partial charge in [-0.15, -0.1) is 0 Å². The lowest BCUT2D eigenvalue weighted by Crippen LogP contribution is -2.59. The van der Waals surface area contributed by atoms with Gasteiger partial charge in [-0.2, -0.15) is 0 Å². The topological polar surface area (TPSA) is 34.2 Å². The van der Waals surface area contributed by atoms with Crippen LogP contribution in [-0.2, 0) is 11.2 Å². The molecule has 3 nitrogen and oxygen atoms in total. The van der Waals surface area contributed by atoms with E-state index in [9.17, 15) is 0 Å². The third-order valence-corrected chi connectivity index (χ3v) is 5.24. The fourth-order valence-corrected chi connectivity index (χ4v) is 4.05. The Balaban J connectivity index is 1.92. The Bertz CT molecular complexity index is 451. The van der Waals surface area contributed by atoms with Gasteiger partial charge < -0.3 is 10.1 Å². The molecule has 3 rings (SSSR count). The lowest BCUT2D eigenvalue weighted by atomic mass is 9.67. The average molecular weight is 274 g/mol. The van der Waals surface area contributed by atoms with E-state index < -0.39 is 0 Å². The molecule has 110 valence electrons. The molecular weight excluding hydrogens is 248 g/mol. The number of hydrogen-bond donors (Lipinski definition) is 1. The summed E-state index contributed by atoms with van der Waals surface area (Å²) < 4.78 is 5.97. The Hall–Kier alpha value is -0.930. The first-order valence-corrected chi connectivity index (χ1v) is 8.03. The van der Waals surface area contributed by atoms with Crippen LogP contribution in [0.1, 0.15) is 56.2 Å². The number of ether oxygens (including phenoxy) is 1. The summed E-state index contributed by atoms with van der Waals surface area (Å²) in [5.41, 5.74) is 2.79. The summed E-state index contributed by atoms with van der Waals surface area (Å²) in [4.78, 5) is 4.71. The van der Waals surface area contributed by atoms with Crippen molar-refractivity contribution in [3.63, 3.8) is 0 Å². The van der Waals surface area contributed by atoms with Gasteiger partial charge in [-0.05, 0) is 56.7 Å². The molecule has 1 N–H and O–H groups in total. The van der Waals surface area contributed by atoms with E-state index in [2.05, 4.69) is 24.4 Å². The fraction of sp³-hybridized carbons (Fsp3) is 0.706. The number of pyridine rings is 1. The largest absolute Gasteiger partial charge is 0.377 e. The molecular formula is C17H26N2O. The average Bonchev–Trinajstić information content (AvgIpc) is 2.45. The van der Waals surface area contributed by atoms with Crippen molar-refractivity contribution in [3.8, 4) is 0 Å². The second kappa shape index (κ2) is 5.82. The molecule has 0 amide bonds. The Morgan fingerprint density at radius 3 is 2.95 bits per heavy atom. The summed E-state index contributed by atoms with van der Waals surface area (Å²) in [6.07, 6.45) is 9.27. The van der Waals surface area contributed by atoms with Crippen molar-refractivity contribution in [2.75, 3.05) is 13.7 Å². The number of aryl methyl sites for hydroxylation is 1. The van der Waals surface area contributed by atoms with Crippen molar-refractivity contribution in [1.29, 1.82) is 0 Å². The van der Waals surface area contributed by atoms with Gasteiger partial charge in [0.05, 0.1) is 5.60 Å². The maximum atomic E-state index is 5.97. The van der Waals surface area contributed by atoms with E-state index >= 15 is 0 Å². The van der Waals surface area contributed by atoms with Crippen LogP contribution >= 0.6 is 0 Å². The molecule has 2 atom stereocenters. The first kappa shape index (κ1) is 14.0. The molecule has 3 heteroatoms. The van der Waals surface area contributed by atoms with Gasteiger partial charge in [0.2, 0.25) is 0 Å². The van der Waals surface area contributed by atoms with Crippen LogP contribution in [0.25, 0.3) is 0 Å². The normalized spacial score (nSPS) is 25.6. The third kappa shape index (κ3) is 2.27. The first-order valence-electron chi connectivity index (χ1n) is 8.03. The van der Waals surface area contributed by atoms with E-state index in [-0.39, 0.29) is 5.60 Å². The maximum Gasteiger partial charge on any atom is 0.0837 e. The van der Waals surface area contributed by atoms with E-state index in [4.69, 9.17) is 9.72 Å². The van der Waals surface area contributed by atoms with Gasteiger partial charge in [-0.25, -0.2) is 0 Å². The van der Waals surface area contributed by atoms with E-state index in [0.29, 0.717) is 12.0 Å². The quantitative estimate of drug-likeness (QED) is 0.896. The highest BCUT2D eigenvalue weighted by Crippen LogP contribution is 2.45. The summed E-state index contributed by atoms with van der Waals surface area (Å²) in [6, 6.07) is 4.72. The van der Waals surface area contributed by atoms with Crippen LogP contribution in [0.15, 0.2) is 18.3 Å². The molecule has 0 radical (unpaired) electrons. The minimum Gasteiger partial charge on any atom is -0.377 e. The van der Waals surface area contributed by atoms with E-state index in [0.717, 1.165) is 6.54 Å². The summed E-state index contributed by atoms with van der Waals surface area (Å²) >= 11 is 0. The van der Waals surface area contributed by atoms with Gasteiger partial charge in [0.15, 0.2) is 0 Å². The summed E-state index contributed by atoms with van der Waals surface area (Å²) in [5.74, 6) is 0.500. The number of rotatable bonds is 5. The van der Waals surface area contributed by atoms with Crippen molar-refractivity contribution in [2.24, 2.45) is 0 Å². The number of aromatic nitrogens is 1. The van der Waals surface area contributed by atoms with Crippen LogP contribution in [0.2, 0.25) is 0 Å². The molecule has 1 aromatic rings. The van der Waals surface area contributed by atoms with Gasteiger partial charge in [-0.3, -0.25) is 4.98 Å². The lowest BCUT2D eigenvalue weighted by Gasteiger charge is -2.50. The van der Waals surface area contributed by atoms with E-state index in [1.807, 2.05) is 13.3 Å². The predicted octanol–water partition coefficient (Wildman–Crippen LogP) is 3.05. The highest BCUT2D eigenvalue weighted by molar-refractivity contribution is 5.29. The van der Waals surface area contributed by atoms with Crippen molar-refractivity contribution in [3.05, 3.63) is 29.6 Å². The van der Waals surface area contributed by atoms with Crippen molar-refractivity contribution in [1.82, 2.24) is 10.3 Å². The molecule has 20 heavy (non-hydrogen) atoms. The van der Waals surface area contributed by atoms with Crippen LogP contribution in [0.5, 0.6) is 0 Å². The van der Waals surface area contributed by atoms with E-state index in [1.54, 1.807) is 0 Å². The maximum absolute atomic E-state index is 5.97. The molecule has 1 fully saturated rings. The molecule has 2 unspecified atom stereocenters. The molecule has 1 aromatic heterocycles. The fourth-order valence-electron chi connectivity index (χ4n) is 4.05. The van der Waals surface area contributed by atoms with Gasteiger partial charge in [0, 0.05) is 31.0 Å². The van der Waals surface area contributed by atoms with Gasteiger partial charge >= 0.3 is 0 Å². The number of methoxy groups -OCH3 is 1. The standard InChI is InChI=1S/C17H26N2O/c1-3-18-16(17(20-2)10-6-11-17)14-9-4-7-13-8-5-12-19-15(13)14/h5,8,12,14,16,18H,3-4,6-7,9-11H2,1-2H3. The zero-order valence-electron chi connectivity index (χ0n) is 12.7. The molecule has 1 heterocycles. The summed E-state index contributed by atoms with van der Waals surface area (Å²) in [7, 11) is 1.88. The first-order chi connectivity index (χ1) is 9.80. The second-order valence-corrected chi connectivity index (χ2v) is 6.20. The zero-order valence-corrected chi connectivity index (χ0v) is 12.7. The monoisotopic (exact) mass is 274 g/mol. The Morgan fingerprint density at radius 2 is 2.30 bits per heavy atom. The third-order valence-electron chi connectivity index (χ3n) is 5.24. The second-order valence-electron chi connectivity index (χ2n) is 6.20. The van der Waals surface area contributed by atoms with Gasteiger partial charge in [0.25, 0.3) is 0 Å². The van der Waals surface area contributed by atoms with Crippen LogP contribution in [0, 0.1) is 0 Å². The number of hydrogen-bond acceptors (Lipinski definition) is 3. The molecule has 1 saturated carbocycles.